The smallest absolute Gasteiger partial charge is 0.303 e. The van der Waals surface area contributed by atoms with E-state index in [0.29, 0.717) is 46.8 Å². The minimum absolute atomic E-state index is 0.0787. The van der Waals surface area contributed by atoms with Crippen LogP contribution in [0.1, 0.15) is 70.5 Å². The quantitative estimate of drug-likeness (QED) is 0.100. The molecule has 58 heavy (non-hydrogen) atoms. The van der Waals surface area contributed by atoms with E-state index in [9.17, 15) is 38.4 Å². The highest BCUT2D eigenvalue weighted by Gasteiger charge is 2.35. The molecular weight excluding hydrogens is 760 g/mol. The molecule has 3 rings (SSSR count). The topological polar surface area (TPSA) is 280 Å². The summed E-state index contributed by atoms with van der Waals surface area (Å²) in [5.74, 6) is -5.57. The number of rotatable bonds is 19. The van der Waals surface area contributed by atoms with Crippen molar-refractivity contribution in [3.8, 4) is 34.1 Å². The van der Waals surface area contributed by atoms with E-state index in [0.717, 1.165) is 5.56 Å². The van der Waals surface area contributed by atoms with Gasteiger partial charge in [0.2, 0.25) is 46.6 Å². The molecule has 0 fully saturated rings. The maximum atomic E-state index is 14.1. The van der Waals surface area contributed by atoms with Gasteiger partial charge in [-0.05, 0) is 67.5 Å². The molecule has 19 heteroatoms. The molecule has 0 heterocycles. The first-order valence-electron chi connectivity index (χ1n) is 18.4. The van der Waals surface area contributed by atoms with Crippen molar-refractivity contribution in [1.29, 1.82) is 0 Å². The van der Waals surface area contributed by atoms with E-state index in [-0.39, 0.29) is 5.75 Å². The molecule has 0 aliphatic heterocycles. The fourth-order valence-electron chi connectivity index (χ4n) is 6.41. The molecule has 6 amide bonds. The number of fused-ring (bicyclic) bond motifs is 3. The van der Waals surface area contributed by atoms with E-state index in [4.69, 9.17) is 29.8 Å². The van der Waals surface area contributed by atoms with E-state index in [1.807, 2.05) is 11.4 Å². The Balaban J connectivity index is 1.89. The highest BCUT2D eigenvalue weighted by Crippen LogP contribution is 2.50. The number of aryl methyl sites for hydroxylation is 1. The molecule has 0 unspecified atom stereocenters. The number of carboxylic acid groups (broad SMARTS) is 1. The van der Waals surface area contributed by atoms with Gasteiger partial charge in [-0.25, -0.2) is 0 Å². The number of carboxylic acids is 1. The van der Waals surface area contributed by atoms with Crippen molar-refractivity contribution < 1.29 is 57.6 Å². The second-order valence-corrected chi connectivity index (χ2v) is 13.9. The number of carbonyl (C=O) groups is 7. The van der Waals surface area contributed by atoms with Crippen molar-refractivity contribution in [1.82, 2.24) is 26.6 Å². The number of hydrogen-bond donors (Lipinski definition) is 7. The molecule has 8 N–H and O–H groups in total. The summed E-state index contributed by atoms with van der Waals surface area (Å²) >= 11 is 0. The first-order valence-corrected chi connectivity index (χ1v) is 18.4. The monoisotopic (exact) mass is 812 g/mol. The minimum atomic E-state index is -1.53. The number of methoxy groups -OCH3 is 4. The van der Waals surface area contributed by atoms with Crippen molar-refractivity contribution in [3.05, 3.63) is 45.6 Å². The molecule has 2 aromatic rings. The van der Waals surface area contributed by atoms with Crippen LogP contribution in [0.2, 0.25) is 0 Å². The Morgan fingerprint density at radius 2 is 1.40 bits per heavy atom. The van der Waals surface area contributed by atoms with Gasteiger partial charge in [0, 0.05) is 18.0 Å². The Bertz CT molecular complexity index is 1970. The molecule has 0 bridgehead atoms. The molecule has 0 aromatic heterocycles. The first-order chi connectivity index (χ1) is 27.4. The third kappa shape index (κ3) is 11.7. The van der Waals surface area contributed by atoms with Crippen LogP contribution in [0.15, 0.2) is 29.1 Å². The third-order valence-electron chi connectivity index (χ3n) is 9.42. The summed E-state index contributed by atoms with van der Waals surface area (Å²) in [5.41, 5.74) is 7.62. The van der Waals surface area contributed by atoms with Crippen LogP contribution in [-0.2, 0) is 40.0 Å². The molecule has 0 saturated heterocycles. The molecule has 0 radical (unpaired) electrons. The van der Waals surface area contributed by atoms with Crippen LogP contribution in [0.25, 0.3) is 11.1 Å². The van der Waals surface area contributed by atoms with Crippen molar-refractivity contribution in [2.45, 2.75) is 90.0 Å². The standard InChI is InChI=1S/C39H52N6O13/c1-18(2)33(39(54)44-25(17-29(40)47)38(53)42-19(3)36(51)41-20(4)37(52)45-30(48)13-14-31(49)50)43-24-11-9-21-15-28(56-6)34(57-7)35(58-8)32(21)22-10-12-27(55-5)26(46)16-23(22)24/h10,12,15-16,18-20,24-25,33,43H,9,11,13-14,17H2,1-8H3,(H2,40,47)(H,41,51)(H,42,53)(H,44,54)(H,49,50)(H,45,48,52)/t19-,20-,24-,25-,33-/m0/s1. The lowest BCUT2D eigenvalue weighted by molar-refractivity contribution is -0.140. The zero-order valence-corrected chi connectivity index (χ0v) is 33.7. The van der Waals surface area contributed by atoms with Crippen LogP contribution in [0.4, 0.5) is 0 Å². The largest absolute Gasteiger partial charge is 0.493 e. The van der Waals surface area contributed by atoms with E-state index in [1.165, 1.54) is 48.4 Å². The van der Waals surface area contributed by atoms with Gasteiger partial charge in [0.05, 0.1) is 47.3 Å². The molecule has 1 aliphatic carbocycles. The Morgan fingerprint density at radius 3 is 1.97 bits per heavy atom. The second kappa shape index (κ2) is 20.8. The maximum Gasteiger partial charge on any atom is 0.303 e. The fraction of sp³-hybridized carbons (Fsp3) is 0.487. The van der Waals surface area contributed by atoms with Crippen molar-refractivity contribution in [2.75, 3.05) is 28.4 Å². The van der Waals surface area contributed by atoms with Crippen LogP contribution >= 0.6 is 0 Å². The van der Waals surface area contributed by atoms with Crippen LogP contribution in [0, 0.1) is 5.92 Å². The highest BCUT2D eigenvalue weighted by atomic mass is 16.5. The van der Waals surface area contributed by atoms with Gasteiger partial charge in [-0.2, -0.15) is 0 Å². The van der Waals surface area contributed by atoms with Crippen LogP contribution in [-0.4, -0.2) is 99.1 Å². The van der Waals surface area contributed by atoms with Crippen LogP contribution in [0.3, 0.4) is 0 Å². The summed E-state index contributed by atoms with van der Waals surface area (Å²) < 4.78 is 22.5. The summed E-state index contributed by atoms with van der Waals surface area (Å²) in [7, 11) is 5.85. The zero-order chi connectivity index (χ0) is 43.4. The number of nitrogens with two attached hydrogens (primary N) is 1. The first kappa shape index (κ1) is 46.1. The molecule has 2 aromatic carbocycles. The number of primary amides is 1. The number of imide groups is 1. The van der Waals surface area contributed by atoms with Gasteiger partial charge in [-0.3, -0.25) is 49.0 Å². The van der Waals surface area contributed by atoms with E-state index >= 15 is 0 Å². The molecular formula is C39H52N6O13. The number of ether oxygens (including phenoxy) is 4. The molecule has 0 saturated carbocycles. The number of amides is 6. The predicted octanol–water partition coefficient (Wildman–Crippen LogP) is 0.227. The van der Waals surface area contributed by atoms with Gasteiger partial charge >= 0.3 is 5.97 Å². The van der Waals surface area contributed by atoms with E-state index < -0.39 is 102 Å². The molecule has 1 aliphatic rings. The Morgan fingerprint density at radius 1 is 0.776 bits per heavy atom. The normalized spacial score (nSPS) is 15.1. The molecule has 5 atom stereocenters. The van der Waals surface area contributed by atoms with Gasteiger partial charge in [0.1, 0.15) is 18.1 Å². The number of hydrogen-bond acceptors (Lipinski definition) is 13. The predicted molar refractivity (Wildman–Crippen MR) is 208 cm³/mol. The number of nitrogens with one attached hydrogen (secondary N) is 5. The van der Waals surface area contributed by atoms with Crippen LogP contribution < -0.4 is 56.7 Å². The Hall–Kier alpha value is -6.24. The van der Waals surface area contributed by atoms with E-state index in [2.05, 4.69) is 21.3 Å². The lowest BCUT2D eigenvalue weighted by atomic mass is 9.94. The third-order valence-corrected chi connectivity index (χ3v) is 9.42. The van der Waals surface area contributed by atoms with Gasteiger partial charge in [0.15, 0.2) is 17.2 Å². The van der Waals surface area contributed by atoms with Crippen LogP contribution in [0.5, 0.6) is 23.0 Å². The van der Waals surface area contributed by atoms with Gasteiger partial charge in [-0.1, -0.05) is 19.9 Å². The van der Waals surface area contributed by atoms with E-state index in [1.54, 1.807) is 26.0 Å². The average Bonchev–Trinajstić information content (AvgIpc) is 3.41. The minimum Gasteiger partial charge on any atom is -0.493 e. The summed E-state index contributed by atoms with van der Waals surface area (Å²) in [5, 5.41) is 21.4. The lowest BCUT2D eigenvalue weighted by Crippen LogP contribution is -2.58. The number of aliphatic carboxylic acids is 1. The van der Waals surface area contributed by atoms with Crippen molar-refractivity contribution >= 4 is 41.4 Å². The van der Waals surface area contributed by atoms with Gasteiger partial charge < -0.3 is 45.7 Å². The summed E-state index contributed by atoms with van der Waals surface area (Å²) in [6, 6.07) is 0.818. The van der Waals surface area contributed by atoms with Crippen molar-refractivity contribution in [2.24, 2.45) is 11.7 Å². The van der Waals surface area contributed by atoms with Gasteiger partial charge in [0.25, 0.3) is 0 Å². The maximum absolute atomic E-state index is 14.1. The fourth-order valence-corrected chi connectivity index (χ4v) is 6.41. The number of benzene rings is 1. The average molecular weight is 813 g/mol. The molecule has 316 valence electrons. The Kier molecular flexibility index (Phi) is 16.5. The Labute approximate surface area is 335 Å². The summed E-state index contributed by atoms with van der Waals surface area (Å²) in [6.45, 7) is 6.09. The molecule has 19 nitrogen and oxygen atoms in total. The lowest BCUT2D eigenvalue weighted by Gasteiger charge is -2.29. The zero-order valence-electron chi connectivity index (χ0n) is 33.7. The van der Waals surface area contributed by atoms with Crippen molar-refractivity contribution in [3.63, 3.8) is 0 Å². The highest BCUT2D eigenvalue weighted by molar-refractivity contribution is 6.01. The van der Waals surface area contributed by atoms with Gasteiger partial charge in [-0.15, -0.1) is 0 Å². The molecule has 0 spiro atoms. The number of carbonyl (C=O) groups excluding carboxylic acids is 6. The summed E-state index contributed by atoms with van der Waals surface area (Å²) in [6.07, 6.45) is -0.762. The summed E-state index contributed by atoms with van der Waals surface area (Å²) in [4.78, 5) is 101. The SMILES string of the molecule is COc1cc2c(c(OC)c1OC)-c1ccc(OC)c(=O)cc1[C@@H](N[C@H](C(=O)N[C@@H](CC(N)=O)C(=O)N[C@@H](C)C(=O)N[C@@H](C)C(=O)NC(=O)CCC(=O)O)C(C)C)CC2. The second-order valence-electron chi connectivity index (χ2n) is 13.9.